The van der Waals surface area contributed by atoms with Crippen molar-refractivity contribution in [3.05, 3.63) is 72.2 Å². The van der Waals surface area contributed by atoms with E-state index >= 15 is 0 Å². The molecule has 8 nitrogen and oxygen atoms in total. The first-order chi connectivity index (χ1) is 18.3. The average Bonchev–Trinajstić information content (AvgIpc) is 2.89. The van der Waals surface area contributed by atoms with Gasteiger partial charge in [0.1, 0.15) is 23.9 Å². The Morgan fingerprint density at radius 2 is 1.69 bits per heavy atom. The monoisotopic (exact) mass is 567 g/mol. The van der Waals surface area contributed by atoms with Crippen LogP contribution in [0.4, 0.5) is 17.6 Å². The molecule has 1 amide bonds. The first kappa shape index (κ1) is 30.1. The molecule has 0 fully saturated rings. The number of nitrogens with one attached hydrogen (secondary N) is 1. The third-order valence-corrected chi connectivity index (χ3v) is 8.35. The predicted molar refractivity (Wildman–Crippen MR) is 136 cm³/mol. The Hall–Kier alpha value is -3.45. The summed E-state index contributed by atoms with van der Waals surface area (Å²) in [4.78, 5) is 24.9. The van der Waals surface area contributed by atoms with E-state index < -0.39 is 39.7 Å². The molecule has 1 aromatic carbocycles. The van der Waals surface area contributed by atoms with Gasteiger partial charge >= 0.3 is 6.18 Å². The van der Waals surface area contributed by atoms with Gasteiger partial charge in [-0.25, -0.2) is 22.8 Å². The topological polar surface area (TPSA) is 105 Å². The fraction of sp³-hybridized carbons (Fsp3) is 0.385. The molecule has 0 radical (unpaired) electrons. The minimum Gasteiger partial charge on any atom is -0.349 e. The molecular formula is C26H29F4N5O3S. The fourth-order valence-corrected chi connectivity index (χ4v) is 5.58. The Labute approximate surface area is 224 Å². The van der Waals surface area contributed by atoms with E-state index in [0.717, 1.165) is 40.8 Å². The highest BCUT2D eigenvalue weighted by Crippen LogP contribution is 2.29. The van der Waals surface area contributed by atoms with Crippen LogP contribution in [0.25, 0.3) is 11.3 Å². The van der Waals surface area contributed by atoms with Crippen LogP contribution in [-0.2, 0) is 27.5 Å². The van der Waals surface area contributed by atoms with Gasteiger partial charge in [-0.3, -0.25) is 9.78 Å². The van der Waals surface area contributed by atoms with Crippen LogP contribution >= 0.6 is 0 Å². The van der Waals surface area contributed by atoms with E-state index in [0.29, 0.717) is 17.0 Å². The summed E-state index contributed by atoms with van der Waals surface area (Å²) >= 11 is 0. The highest BCUT2D eigenvalue weighted by Gasteiger charge is 2.39. The van der Waals surface area contributed by atoms with Crippen LogP contribution in [0.5, 0.6) is 0 Å². The second-order valence-electron chi connectivity index (χ2n) is 9.25. The van der Waals surface area contributed by atoms with Crippen molar-refractivity contribution in [1.29, 1.82) is 0 Å². The van der Waals surface area contributed by atoms with Crippen LogP contribution in [0.15, 0.2) is 59.9 Å². The first-order valence-electron chi connectivity index (χ1n) is 12.1. The van der Waals surface area contributed by atoms with E-state index in [1.807, 2.05) is 13.8 Å². The van der Waals surface area contributed by atoms with Crippen LogP contribution < -0.4 is 5.32 Å². The zero-order valence-corrected chi connectivity index (χ0v) is 22.6. The molecule has 2 aromatic heterocycles. The molecule has 2 heterocycles. The number of hydrogen-bond acceptors (Lipinski definition) is 6. The largest absolute Gasteiger partial charge is 0.433 e. The van der Waals surface area contributed by atoms with Gasteiger partial charge < -0.3 is 5.32 Å². The number of benzene rings is 1. The Kier molecular flexibility index (Phi) is 9.38. The number of likely N-dealkylation sites (N-methyl/N-ethyl adjacent to an activating group) is 1. The van der Waals surface area contributed by atoms with Crippen LogP contribution in [0.3, 0.4) is 0 Å². The first-order valence-corrected chi connectivity index (χ1v) is 13.6. The van der Waals surface area contributed by atoms with Gasteiger partial charge in [0.15, 0.2) is 0 Å². The fourth-order valence-electron chi connectivity index (χ4n) is 3.90. The number of pyridine rings is 1. The van der Waals surface area contributed by atoms with Crippen molar-refractivity contribution in [3.8, 4) is 11.3 Å². The maximum absolute atomic E-state index is 13.4. The quantitative estimate of drug-likeness (QED) is 0.357. The number of carbonyl (C=O) groups excluding carboxylic acids is 1. The van der Waals surface area contributed by atoms with Gasteiger partial charge in [0.05, 0.1) is 22.8 Å². The van der Waals surface area contributed by atoms with Crippen molar-refractivity contribution < 1.29 is 30.8 Å². The maximum atomic E-state index is 13.4. The standard InChI is InChI=1S/C26H29F4N5O3S/c1-5-35(39(37,38)21-9-7-19(27)8-10-21)24(17(4)16(2)3)25(36)32-14-20-12-22(34-15-33-20)18-6-11-23(31-13-18)26(28,29)30/h6-13,15-17,24H,5,14H2,1-4H3,(H,32,36). The molecule has 13 heteroatoms. The second-order valence-corrected chi connectivity index (χ2v) is 11.1. The molecule has 39 heavy (non-hydrogen) atoms. The van der Waals surface area contributed by atoms with Crippen molar-refractivity contribution in [2.45, 2.75) is 51.4 Å². The zero-order chi connectivity index (χ0) is 29.0. The molecule has 2 unspecified atom stereocenters. The van der Waals surface area contributed by atoms with Gasteiger partial charge in [0, 0.05) is 18.3 Å². The Bertz CT molecular complexity index is 1380. The summed E-state index contributed by atoms with van der Waals surface area (Å²) in [6, 6.07) is 6.89. The van der Waals surface area contributed by atoms with Crippen molar-refractivity contribution in [3.63, 3.8) is 0 Å². The van der Waals surface area contributed by atoms with E-state index in [9.17, 15) is 30.8 Å². The third kappa shape index (κ3) is 7.15. The molecule has 0 spiro atoms. The number of hydrogen-bond donors (Lipinski definition) is 1. The molecule has 0 saturated carbocycles. The molecule has 0 saturated heterocycles. The Balaban J connectivity index is 1.84. The Morgan fingerprint density at radius 3 is 2.23 bits per heavy atom. The lowest BCUT2D eigenvalue weighted by Crippen LogP contribution is -2.53. The van der Waals surface area contributed by atoms with Crippen molar-refractivity contribution >= 4 is 15.9 Å². The number of halogens is 4. The number of aromatic nitrogens is 3. The van der Waals surface area contributed by atoms with E-state index in [2.05, 4.69) is 20.3 Å². The number of alkyl halides is 3. The molecule has 0 aliphatic carbocycles. The maximum Gasteiger partial charge on any atom is 0.433 e. The summed E-state index contributed by atoms with van der Waals surface area (Å²) < 4.78 is 79.8. The van der Waals surface area contributed by atoms with Gasteiger partial charge in [-0.05, 0) is 54.3 Å². The molecule has 2 atom stereocenters. The average molecular weight is 568 g/mol. The lowest BCUT2D eigenvalue weighted by atomic mass is 9.89. The highest BCUT2D eigenvalue weighted by atomic mass is 32.2. The van der Waals surface area contributed by atoms with E-state index in [-0.39, 0.29) is 29.8 Å². The van der Waals surface area contributed by atoms with E-state index in [1.165, 1.54) is 18.5 Å². The molecule has 1 N–H and O–H groups in total. The summed E-state index contributed by atoms with van der Waals surface area (Å²) in [5.41, 5.74) is -0.0497. The molecule has 0 bridgehead atoms. The molecule has 3 aromatic rings. The molecule has 0 aliphatic rings. The summed E-state index contributed by atoms with van der Waals surface area (Å²) in [7, 11) is -4.14. The highest BCUT2D eigenvalue weighted by molar-refractivity contribution is 7.89. The second kappa shape index (κ2) is 12.2. The lowest BCUT2D eigenvalue weighted by Gasteiger charge is -2.34. The smallest absolute Gasteiger partial charge is 0.349 e. The normalized spacial score (nSPS) is 13.9. The van der Waals surface area contributed by atoms with Crippen LogP contribution in [0, 0.1) is 17.7 Å². The molecule has 210 valence electrons. The van der Waals surface area contributed by atoms with E-state index in [1.54, 1.807) is 13.8 Å². The van der Waals surface area contributed by atoms with Crippen molar-refractivity contribution in [2.75, 3.05) is 6.54 Å². The zero-order valence-electron chi connectivity index (χ0n) is 21.8. The SMILES string of the molecule is CCN(C(C(=O)NCc1cc(-c2ccc(C(F)(F)F)nc2)ncn1)C(C)C(C)C)S(=O)(=O)c1ccc(F)cc1. The molecular weight excluding hydrogens is 538 g/mol. The number of carbonyl (C=O) groups is 1. The summed E-state index contributed by atoms with van der Waals surface area (Å²) in [6.07, 6.45) is -2.31. The van der Waals surface area contributed by atoms with Gasteiger partial charge in [-0.2, -0.15) is 17.5 Å². The van der Waals surface area contributed by atoms with E-state index in [4.69, 9.17) is 0 Å². The number of rotatable bonds is 10. The molecule has 3 rings (SSSR count). The number of nitrogens with zero attached hydrogens (tertiary/aromatic N) is 4. The van der Waals surface area contributed by atoms with Crippen LogP contribution in [0.1, 0.15) is 39.1 Å². The van der Waals surface area contributed by atoms with Crippen molar-refractivity contribution in [2.24, 2.45) is 11.8 Å². The third-order valence-electron chi connectivity index (χ3n) is 6.38. The summed E-state index contributed by atoms with van der Waals surface area (Å²) in [5.74, 6) is -1.59. The summed E-state index contributed by atoms with van der Waals surface area (Å²) in [5, 5.41) is 2.73. The number of amides is 1. The molecule has 0 aliphatic heterocycles. The number of sulfonamides is 1. The minimum absolute atomic E-state index is 0.00652. The van der Waals surface area contributed by atoms with Gasteiger partial charge in [-0.15, -0.1) is 0 Å². The van der Waals surface area contributed by atoms with Gasteiger partial charge in [0.2, 0.25) is 15.9 Å². The lowest BCUT2D eigenvalue weighted by molar-refractivity contribution is -0.141. The van der Waals surface area contributed by atoms with Gasteiger partial charge in [0.25, 0.3) is 0 Å². The summed E-state index contributed by atoms with van der Waals surface area (Å²) in [6.45, 7) is 7.04. The minimum atomic E-state index is -4.57. The van der Waals surface area contributed by atoms with Crippen LogP contribution in [-0.4, -0.2) is 46.2 Å². The predicted octanol–water partition coefficient (Wildman–Crippen LogP) is 4.68. The van der Waals surface area contributed by atoms with Crippen LogP contribution in [0.2, 0.25) is 0 Å². The van der Waals surface area contributed by atoms with Gasteiger partial charge in [-0.1, -0.05) is 27.7 Å². The van der Waals surface area contributed by atoms with Crippen molar-refractivity contribution in [1.82, 2.24) is 24.6 Å². The Morgan fingerprint density at radius 1 is 1.03 bits per heavy atom.